The fourth-order valence-electron chi connectivity index (χ4n) is 3.08. The lowest BCUT2D eigenvalue weighted by Crippen LogP contribution is -2.45. The Bertz CT molecular complexity index is 462. The first kappa shape index (κ1) is 14.9. The molecule has 1 saturated heterocycles. The molecule has 0 saturated carbocycles. The highest BCUT2D eigenvalue weighted by Crippen LogP contribution is 2.29. The summed E-state index contributed by atoms with van der Waals surface area (Å²) in [6.45, 7) is 4.18. The highest BCUT2D eigenvalue weighted by Gasteiger charge is 2.27. The Kier molecular flexibility index (Phi) is 5.09. The summed E-state index contributed by atoms with van der Waals surface area (Å²) in [6, 6.07) is 7.76. The molecule has 0 aromatic heterocycles. The Morgan fingerprint density at radius 2 is 2.30 bits per heavy atom. The van der Waals surface area contributed by atoms with Gasteiger partial charge in [0.2, 0.25) is 0 Å². The second kappa shape index (κ2) is 6.81. The summed E-state index contributed by atoms with van der Waals surface area (Å²) in [7, 11) is 1.98. The summed E-state index contributed by atoms with van der Waals surface area (Å²) in [4.78, 5) is 13.1. The average Bonchev–Trinajstić information content (AvgIpc) is 2.47. The second-order valence-corrected chi connectivity index (χ2v) is 5.47. The summed E-state index contributed by atoms with van der Waals surface area (Å²) in [6.07, 6.45) is 3.67. The number of benzene rings is 1. The van der Waals surface area contributed by atoms with E-state index in [4.69, 9.17) is 0 Å². The predicted molar refractivity (Wildman–Crippen MR) is 79.8 cm³/mol. The molecule has 1 fully saturated rings. The van der Waals surface area contributed by atoms with Crippen molar-refractivity contribution < 1.29 is 4.92 Å². The van der Waals surface area contributed by atoms with Gasteiger partial charge in [-0.3, -0.25) is 15.0 Å². The van der Waals surface area contributed by atoms with Gasteiger partial charge in [-0.2, -0.15) is 0 Å². The molecule has 1 aromatic rings. The van der Waals surface area contributed by atoms with E-state index >= 15 is 0 Å². The van der Waals surface area contributed by atoms with Gasteiger partial charge in [-0.25, -0.2) is 0 Å². The zero-order chi connectivity index (χ0) is 14.5. The number of nitro groups is 1. The first-order chi connectivity index (χ1) is 9.63. The van der Waals surface area contributed by atoms with Crippen molar-refractivity contribution in [1.82, 2.24) is 10.2 Å². The van der Waals surface area contributed by atoms with Crippen LogP contribution in [0.2, 0.25) is 0 Å². The number of rotatable bonds is 5. The van der Waals surface area contributed by atoms with Crippen LogP contribution in [0.15, 0.2) is 24.3 Å². The van der Waals surface area contributed by atoms with Crippen LogP contribution in [0.5, 0.6) is 0 Å². The van der Waals surface area contributed by atoms with Crippen molar-refractivity contribution in [3.05, 3.63) is 39.9 Å². The summed E-state index contributed by atoms with van der Waals surface area (Å²) in [5, 5.41) is 14.2. The third-order valence-corrected chi connectivity index (χ3v) is 4.17. The molecule has 0 radical (unpaired) electrons. The van der Waals surface area contributed by atoms with Crippen LogP contribution in [0.4, 0.5) is 5.69 Å². The van der Waals surface area contributed by atoms with Crippen molar-refractivity contribution in [3.63, 3.8) is 0 Å². The minimum atomic E-state index is -0.322. The van der Waals surface area contributed by atoms with Gasteiger partial charge < -0.3 is 5.32 Å². The quantitative estimate of drug-likeness (QED) is 0.664. The summed E-state index contributed by atoms with van der Waals surface area (Å²) >= 11 is 0. The molecule has 2 unspecified atom stereocenters. The topological polar surface area (TPSA) is 58.4 Å². The van der Waals surface area contributed by atoms with Crippen LogP contribution in [0, 0.1) is 10.1 Å². The maximum atomic E-state index is 10.9. The van der Waals surface area contributed by atoms with Gasteiger partial charge in [0.15, 0.2) is 0 Å². The van der Waals surface area contributed by atoms with Gasteiger partial charge in [-0.05, 0) is 38.9 Å². The summed E-state index contributed by atoms with van der Waals surface area (Å²) in [5.41, 5.74) is 1.21. The van der Waals surface area contributed by atoms with Gasteiger partial charge in [0.25, 0.3) is 5.69 Å². The van der Waals surface area contributed by atoms with Gasteiger partial charge in [0.1, 0.15) is 0 Å². The lowest BCUT2D eigenvalue weighted by Gasteiger charge is -2.40. The number of likely N-dealkylation sites (tertiary alicyclic amines) is 1. The second-order valence-electron chi connectivity index (χ2n) is 5.47. The van der Waals surface area contributed by atoms with Crippen molar-refractivity contribution in [1.29, 1.82) is 0 Å². The van der Waals surface area contributed by atoms with Crippen LogP contribution in [-0.4, -0.2) is 36.0 Å². The number of nitrogens with zero attached hydrogens (tertiary/aromatic N) is 2. The molecule has 5 heteroatoms. The van der Waals surface area contributed by atoms with E-state index in [2.05, 4.69) is 17.1 Å². The molecule has 5 nitrogen and oxygen atoms in total. The number of likely N-dealkylation sites (N-methyl/N-ethyl adjacent to an activating group) is 1. The monoisotopic (exact) mass is 277 g/mol. The van der Waals surface area contributed by atoms with E-state index in [9.17, 15) is 10.1 Å². The molecule has 2 rings (SSSR count). The van der Waals surface area contributed by atoms with Crippen molar-refractivity contribution in [2.24, 2.45) is 0 Å². The smallest absolute Gasteiger partial charge is 0.269 e. The number of hydrogen-bond donors (Lipinski definition) is 1. The first-order valence-corrected chi connectivity index (χ1v) is 7.28. The highest BCUT2D eigenvalue weighted by molar-refractivity contribution is 5.35. The largest absolute Gasteiger partial charge is 0.318 e. The number of hydrogen-bond acceptors (Lipinski definition) is 4. The van der Waals surface area contributed by atoms with Gasteiger partial charge in [0.05, 0.1) is 4.92 Å². The fraction of sp³-hybridized carbons (Fsp3) is 0.600. The molecule has 1 aromatic carbocycles. The first-order valence-electron chi connectivity index (χ1n) is 7.28. The zero-order valence-electron chi connectivity index (χ0n) is 12.2. The molecule has 1 N–H and O–H groups in total. The van der Waals surface area contributed by atoms with Gasteiger partial charge in [0, 0.05) is 30.8 Å². The van der Waals surface area contributed by atoms with E-state index < -0.39 is 0 Å². The van der Waals surface area contributed by atoms with Crippen LogP contribution < -0.4 is 5.32 Å². The molecule has 110 valence electrons. The highest BCUT2D eigenvalue weighted by atomic mass is 16.6. The van der Waals surface area contributed by atoms with E-state index in [-0.39, 0.29) is 16.7 Å². The molecular weight excluding hydrogens is 254 g/mol. The Hall–Kier alpha value is -1.46. The number of nitro benzene ring substituents is 1. The van der Waals surface area contributed by atoms with E-state index in [0.717, 1.165) is 18.7 Å². The van der Waals surface area contributed by atoms with Crippen molar-refractivity contribution in [2.45, 2.75) is 38.3 Å². The maximum Gasteiger partial charge on any atom is 0.269 e. The van der Waals surface area contributed by atoms with E-state index in [1.54, 1.807) is 18.2 Å². The minimum Gasteiger partial charge on any atom is -0.318 e. The number of non-ortho nitro benzene ring substituents is 1. The van der Waals surface area contributed by atoms with Gasteiger partial charge in [-0.15, -0.1) is 0 Å². The molecule has 0 amide bonds. The summed E-state index contributed by atoms with van der Waals surface area (Å²) in [5.74, 6) is 0. The zero-order valence-corrected chi connectivity index (χ0v) is 12.2. The molecular formula is C15H23N3O2. The lowest BCUT2D eigenvalue weighted by atomic mass is 9.97. The molecule has 2 atom stereocenters. The minimum absolute atomic E-state index is 0.177. The molecule has 0 spiro atoms. The van der Waals surface area contributed by atoms with Crippen LogP contribution in [0.25, 0.3) is 0 Å². The van der Waals surface area contributed by atoms with E-state index in [1.807, 2.05) is 13.1 Å². The van der Waals surface area contributed by atoms with Crippen LogP contribution in [-0.2, 0) is 0 Å². The Morgan fingerprint density at radius 1 is 1.50 bits per heavy atom. The lowest BCUT2D eigenvalue weighted by molar-refractivity contribution is -0.385. The van der Waals surface area contributed by atoms with Crippen LogP contribution in [0.3, 0.4) is 0 Å². The van der Waals surface area contributed by atoms with Crippen molar-refractivity contribution in [3.8, 4) is 0 Å². The molecule has 0 aliphatic carbocycles. The van der Waals surface area contributed by atoms with Gasteiger partial charge >= 0.3 is 0 Å². The molecule has 1 aliphatic heterocycles. The van der Waals surface area contributed by atoms with Crippen molar-refractivity contribution >= 4 is 5.69 Å². The van der Waals surface area contributed by atoms with E-state index in [1.165, 1.54) is 19.3 Å². The molecule has 1 heterocycles. The van der Waals surface area contributed by atoms with Crippen molar-refractivity contribution in [2.75, 3.05) is 20.1 Å². The Labute approximate surface area is 120 Å². The molecule has 20 heavy (non-hydrogen) atoms. The number of nitrogens with one attached hydrogen (secondary N) is 1. The average molecular weight is 277 g/mol. The third-order valence-electron chi connectivity index (χ3n) is 4.17. The predicted octanol–water partition coefficient (Wildman–Crippen LogP) is 2.73. The standard InChI is InChI=1S/C15H23N3O2/c1-12(13-6-5-8-14(10-13)18(19)20)17-9-4-3-7-15(17)11-16-2/h5-6,8,10,12,15-16H,3-4,7,9,11H2,1-2H3. The van der Waals surface area contributed by atoms with Gasteiger partial charge in [-0.1, -0.05) is 18.6 Å². The maximum absolute atomic E-state index is 10.9. The van der Waals surface area contributed by atoms with Crippen LogP contribution in [0.1, 0.15) is 37.8 Å². The van der Waals surface area contributed by atoms with Crippen LogP contribution >= 0.6 is 0 Å². The Balaban J connectivity index is 2.17. The fourth-order valence-corrected chi connectivity index (χ4v) is 3.08. The molecule has 0 bridgehead atoms. The summed E-state index contributed by atoms with van der Waals surface area (Å²) < 4.78 is 0. The molecule has 1 aliphatic rings. The number of piperidine rings is 1. The normalized spacial score (nSPS) is 21.6. The SMILES string of the molecule is CNCC1CCCCN1C(C)c1cccc([N+](=O)[O-])c1. The van der Waals surface area contributed by atoms with E-state index in [0.29, 0.717) is 6.04 Å². The third kappa shape index (κ3) is 3.35. The Morgan fingerprint density at radius 3 is 3.00 bits per heavy atom.